The Labute approximate surface area is 82.4 Å². The molecule has 2 amide bonds. The normalized spacial score (nSPS) is 21.4. The number of ether oxygens (including phenoxy) is 1. The van der Waals surface area contributed by atoms with E-state index in [1.54, 1.807) is 6.92 Å². The minimum absolute atomic E-state index is 0.259. The molecule has 1 saturated heterocycles. The number of hydrogen-bond donors (Lipinski definition) is 3. The molecule has 1 atom stereocenters. The molecule has 6 heteroatoms. The molecule has 0 aliphatic carbocycles. The molecule has 0 radical (unpaired) electrons. The molecule has 80 valence electrons. The molecular formula is C8H15N3O3. The molecule has 0 aromatic carbocycles. The van der Waals surface area contributed by atoms with Crippen LogP contribution in [-0.4, -0.2) is 44.3 Å². The average molecular weight is 201 g/mol. The van der Waals surface area contributed by atoms with Gasteiger partial charge in [0.1, 0.15) is 0 Å². The first-order valence-corrected chi connectivity index (χ1v) is 4.65. The molecule has 14 heavy (non-hydrogen) atoms. The number of carbonyl (C=O) groups excluding carboxylic acids is 2. The summed E-state index contributed by atoms with van der Waals surface area (Å²) in [5.74, 6) is -0.351. The van der Waals surface area contributed by atoms with Gasteiger partial charge in [-0.05, 0) is 6.92 Å². The number of amides is 2. The van der Waals surface area contributed by atoms with E-state index in [-0.39, 0.29) is 18.6 Å². The van der Waals surface area contributed by atoms with Crippen LogP contribution >= 0.6 is 0 Å². The summed E-state index contributed by atoms with van der Waals surface area (Å²) >= 11 is 0. The molecule has 0 aromatic rings. The molecule has 0 spiro atoms. The molecule has 1 heterocycles. The van der Waals surface area contributed by atoms with Crippen LogP contribution in [0.2, 0.25) is 0 Å². The number of hydrogen-bond acceptors (Lipinski definition) is 5. The summed E-state index contributed by atoms with van der Waals surface area (Å²) in [6.45, 7) is 4.04. The topological polar surface area (TPSA) is 79.5 Å². The first-order valence-electron chi connectivity index (χ1n) is 4.65. The molecule has 1 rings (SSSR count). The lowest BCUT2D eigenvalue weighted by Gasteiger charge is -2.22. The van der Waals surface area contributed by atoms with Gasteiger partial charge >= 0.3 is 6.09 Å². The molecule has 0 aromatic heterocycles. The van der Waals surface area contributed by atoms with E-state index in [9.17, 15) is 9.59 Å². The Bertz CT molecular complexity index is 214. The average Bonchev–Trinajstić information content (AvgIpc) is 2.19. The van der Waals surface area contributed by atoms with Crippen LogP contribution in [0.5, 0.6) is 0 Å². The minimum atomic E-state index is -0.690. The van der Waals surface area contributed by atoms with Gasteiger partial charge in [-0.2, -0.15) is 0 Å². The Morgan fingerprint density at radius 2 is 2.29 bits per heavy atom. The molecule has 1 fully saturated rings. The maximum absolute atomic E-state index is 11.4. The highest BCUT2D eigenvalue weighted by Crippen LogP contribution is 1.88. The van der Waals surface area contributed by atoms with Crippen LogP contribution in [0.25, 0.3) is 0 Å². The maximum atomic E-state index is 11.4. The van der Waals surface area contributed by atoms with Crippen molar-refractivity contribution in [1.82, 2.24) is 16.0 Å². The molecule has 0 bridgehead atoms. The zero-order valence-electron chi connectivity index (χ0n) is 8.13. The summed E-state index contributed by atoms with van der Waals surface area (Å²) in [6, 6.07) is -0.354. The van der Waals surface area contributed by atoms with Gasteiger partial charge in [0.2, 0.25) is 5.91 Å². The van der Waals surface area contributed by atoms with Crippen molar-refractivity contribution in [2.24, 2.45) is 0 Å². The number of piperazine rings is 1. The van der Waals surface area contributed by atoms with E-state index < -0.39 is 6.09 Å². The summed E-state index contributed by atoms with van der Waals surface area (Å²) in [6.07, 6.45) is -0.690. The molecule has 6 nitrogen and oxygen atoms in total. The fourth-order valence-electron chi connectivity index (χ4n) is 1.19. The molecule has 1 aliphatic rings. The van der Waals surface area contributed by atoms with Gasteiger partial charge in [-0.15, -0.1) is 0 Å². The van der Waals surface area contributed by atoms with Gasteiger partial charge in [-0.1, -0.05) is 0 Å². The molecule has 3 N–H and O–H groups in total. The predicted molar refractivity (Wildman–Crippen MR) is 49.8 cm³/mol. The van der Waals surface area contributed by atoms with Crippen molar-refractivity contribution < 1.29 is 14.3 Å². The van der Waals surface area contributed by atoms with E-state index >= 15 is 0 Å². The minimum Gasteiger partial charge on any atom is -0.450 e. The summed E-state index contributed by atoms with van der Waals surface area (Å²) in [5.41, 5.74) is 0. The third-order valence-electron chi connectivity index (χ3n) is 1.86. The zero-order valence-corrected chi connectivity index (χ0v) is 8.13. The van der Waals surface area contributed by atoms with E-state index in [0.29, 0.717) is 6.54 Å². The van der Waals surface area contributed by atoms with E-state index in [4.69, 9.17) is 0 Å². The van der Waals surface area contributed by atoms with Gasteiger partial charge in [0.15, 0.2) is 0 Å². The Morgan fingerprint density at radius 1 is 1.50 bits per heavy atom. The third-order valence-corrected chi connectivity index (χ3v) is 1.86. The summed E-state index contributed by atoms with van der Waals surface area (Å²) in [4.78, 5) is 22.3. The van der Waals surface area contributed by atoms with Crippen LogP contribution in [0.3, 0.4) is 0 Å². The van der Waals surface area contributed by atoms with Crippen molar-refractivity contribution in [2.45, 2.75) is 13.0 Å². The largest absolute Gasteiger partial charge is 0.450 e. The monoisotopic (exact) mass is 201 g/mol. The zero-order chi connectivity index (χ0) is 10.4. The van der Waals surface area contributed by atoms with Crippen LogP contribution in [0, 0.1) is 0 Å². The van der Waals surface area contributed by atoms with Crippen molar-refractivity contribution >= 4 is 12.0 Å². The van der Waals surface area contributed by atoms with Crippen molar-refractivity contribution in [3.63, 3.8) is 0 Å². The van der Waals surface area contributed by atoms with Gasteiger partial charge in [0, 0.05) is 19.6 Å². The molecule has 0 saturated carbocycles. The second-order valence-corrected chi connectivity index (χ2v) is 2.92. The predicted octanol–water partition coefficient (Wildman–Crippen LogP) is -1.18. The second-order valence-electron chi connectivity index (χ2n) is 2.92. The van der Waals surface area contributed by atoms with E-state index in [1.165, 1.54) is 0 Å². The number of carbonyl (C=O) groups is 2. The van der Waals surface area contributed by atoms with Gasteiger partial charge in [0.05, 0.1) is 12.6 Å². The Morgan fingerprint density at radius 3 is 2.86 bits per heavy atom. The molecule has 1 aliphatic heterocycles. The first kappa shape index (κ1) is 10.9. The highest BCUT2D eigenvalue weighted by Gasteiger charge is 2.21. The molecular weight excluding hydrogens is 186 g/mol. The SMILES string of the molecule is CCOC(=O)NC(=O)[C@@H]1CNCCN1. The number of nitrogens with one attached hydrogen (secondary N) is 3. The van der Waals surface area contributed by atoms with Crippen LogP contribution in [0.1, 0.15) is 6.92 Å². The smallest absolute Gasteiger partial charge is 0.413 e. The summed E-state index contributed by atoms with van der Waals surface area (Å²) < 4.78 is 4.58. The number of alkyl carbamates (subject to hydrolysis) is 1. The highest BCUT2D eigenvalue weighted by atomic mass is 16.5. The lowest BCUT2D eigenvalue weighted by atomic mass is 10.2. The lowest BCUT2D eigenvalue weighted by Crippen LogP contribution is -2.56. The Kier molecular flexibility index (Phi) is 4.34. The van der Waals surface area contributed by atoms with Crippen molar-refractivity contribution in [2.75, 3.05) is 26.2 Å². The maximum Gasteiger partial charge on any atom is 0.413 e. The summed E-state index contributed by atoms with van der Waals surface area (Å²) in [7, 11) is 0. The lowest BCUT2D eigenvalue weighted by molar-refractivity contribution is -0.122. The quantitative estimate of drug-likeness (QED) is 0.524. The van der Waals surface area contributed by atoms with Crippen LogP contribution < -0.4 is 16.0 Å². The Balaban J connectivity index is 2.29. The first-order chi connectivity index (χ1) is 6.74. The summed E-state index contributed by atoms with van der Waals surface area (Å²) in [5, 5.41) is 8.18. The van der Waals surface area contributed by atoms with E-state index in [1.807, 2.05) is 0 Å². The third kappa shape index (κ3) is 3.31. The van der Waals surface area contributed by atoms with Crippen LogP contribution in [0.15, 0.2) is 0 Å². The van der Waals surface area contributed by atoms with E-state index in [2.05, 4.69) is 20.7 Å². The van der Waals surface area contributed by atoms with Crippen LogP contribution in [-0.2, 0) is 9.53 Å². The fourth-order valence-corrected chi connectivity index (χ4v) is 1.19. The van der Waals surface area contributed by atoms with Gasteiger partial charge in [0.25, 0.3) is 0 Å². The fraction of sp³-hybridized carbons (Fsp3) is 0.750. The van der Waals surface area contributed by atoms with Gasteiger partial charge in [-0.3, -0.25) is 10.1 Å². The Hall–Kier alpha value is -1.14. The standard InChI is InChI=1S/C8H15N3O3/c1-2-14-8(13)11-7(12)6-5-9-3-4-10-6/h6,9-10H,2-5H2,1H3,(H,11,12,13)/t6-/m0/s1. The highest BCUT2D eigenvalue weighted by molar-refractivity contribution is 5.95. The van der Waals surface area contributed by atoms with Crippen molar-refractivity contribution in [1.29, 1.82) is 0 Å². The number of imide groups is 1. The number of rotatable bonds is 2. The second kappa shape index (κ2) is 5.56. The van der Waals surface area contributed by atoms with Crippen molar-refractivity contribution in [3.05, 3.63) is 0 Å². The van der Waals surface area contributed by atoms with Gasteiger partial charge < -0.3 is 15.4 Å². The van der Waals surface area contributed by atoms with Gasteiger partial charge in [-0.25, -0.2) is 4.79 Å². The van der Waals surface area contributed by atoms with Crippen LogP contribution in [0.4, 0.5) is 4.79 Å². The van der Waals surface area contributed by atoms with Crippen molar-refractivity contribution in [3.8, 4) is 0 Å². The van der Waals surface area contributed by atoms with E-state index in [0.717, 1.165) is 13.1 Å². The molecule has 0 unspecified atom stereocenters.